The van der Waals surface area contributed by atoms with Crippen molar-refractivity contribution in [2.24, 2.45) is 0 Å². The lowest BCUT2D eigenvalue weighted by Crippen LogP contribution is -2.21. The van der Waals surface area contributed by atoms with Crippen LogP contribution >= 0.6 is 21.8 Å². The lowest BCUT2D eigenvalue weighted by atomic mass is 10.2. The van der Waals surface area contributed by atoms with E-state index >= 15 is 0 Å². The largest absolute Gasteiger partial charge is 0.122 e. The first-order chi connectivity index (χ1) is 3.85. The van der Waals surface area contributed by atoms with Crippen molar-refractivity contribution in [2.45, 2.75) is 45.2 Å². The molecule has 0 aliphatic rings. The van der Waals surface area contributed by atoms with Crippen LogP contribution in [0.4, 0.5) is 0 Å². The van der Waals surface area contributed by atoms with E-state index in [-0.39, 0.29) is 0 Å². The maximum absolute atomic E-state index is 2.68. The number of hydrogen-bond acceptors (Lipinski definition) is 0. The maximum Gasteiger partial charge on any atom is 0.117 e. The van der Waals surface area contributed by atoms with Crippen molar-refractivity contribution in [1.29, 1.82) is 0 Å². The van der Waals surface area contributed by atoms with Gasteiger partial charge >= 0.3 is 0 Å². The second-order valence-electron chi connectivity index (χ2n) is 4.01. The monoisotopic (exact) mass is 256 g/mol. The Hall–Kier alpha value is 0.947. The minimum Gasteiger partial charge on any atom is -0.122 e. The summed E-state index contributed by atoms with van der Waals surface area (Å²) < 4.78 is 0. The van der Waals surface area contributed by atoms with E-state index in [1.807, 2.05) is 0 Å². The summed E-state index contributed by atoms with van der Waals surface area (Å²) in [5.41, 5.74) is 0.936. The summed E-state index contributed by atoms with van der Waals surface area (Å²) in [5, 5.41) is 0.606. The minimum absolute atomic E-state index is 0.494. The Morgan fingerprint density at radius 2 is 1.56 bits per heavy atom. The fourth-order valence-corrected chi connectivity index (χ4v) is 3.00. The zero-order chi connectivity index (χ0) is 7.65. The third kappa shape index (κ3) is 3.60. The van der Waals surface area contributed by atoms with Gasteiger partial charge in [0.15, 0.2) is 0 Å². The topological polar surface area (TPSA) is 0 Å². The van der Waals surface area contributed by atoms with Gasteiger partial charge in [-0.1, -0.05) is 34.6 Å². The van der Waals surface area contributed by atoms with Crippen LogP contribution in [0.15, 0.2) is 0 Å². The van der Waals surface area contributed by atoms with E-state index in [4.69, 9.17) is 0 Å². The predicted molar refractivity (Wildman–Crippen MR) is 56.0 cm³/mol. The smallest absolute Gasteiger partial charge is 0.117 e. The van der Waals surface area contributed by atoms with Crippen LogP contribution in [0, 0.1) is 0 Å². The molecule has 0 aliphatic carbocycles. The molecule has 0 saturated heterocycles. The first-order valence-electron chi connectivity index (χ1n) is 3.49. The van der Waals surface area contributed by atoms with E-state index in [1.165, 1.54) is 0 Å². The zero-order valence-corrected chi connectivity index (χ0v) is 10.3. The second-order valence-corrected chi connectivity index (χ2v) is 11.9. The Morgan fingerprint density at radius 1 is 1.22 bits per heavy atom. The minimum atomic E-state index is -0.494. The summed E-state index contributed by atoms with van der Waals surface area (Å²) >= 11 is 2.68. The van der Waals surface area contributed by atoms with Crippen LogP contribution in [0.3, 0.4) is 0 Å². The summed E-state index contributed by atoms with van der Waals surface area (Å²) in [6, 6.07) is 0. The van der Waals surface area contributed by atoms with Gasteiger partial charge in [-0.3, -0.25) is 0 Å². The van der Waals surface area contributed by atoms with E-state index < -0.39 is 6.29 Å². The van der Waals surface area contributed by atoms with Gasteiger partial charge in [-0.15, -0.1) is 21.8 Å². The standard InChI is InChI=1S/C7H17ISi/c1-6(2)9(8)7(3,4)5/h6,9H,1-5H3. The van der Waals surface area contributed by atoms with Crippen LogP contribution < -0.4 is 0 Å². The molecule has 2 heteroatoms. The SMILES string of the molecule is CC(C)[SiH](I)C(C)(C)C. The molecule has 0 saturated carbocycles. The van der Waals surface area contributed by atoms with Crippen molar-refractivity contribution in [3.63, 3.8) is 0 Å². The molecule has 0 fully saturated rings. The third-order valence-corrected chi connectivity index (χ3v) is 14.2. The molecule has 0 nitrogen and oxygen atoms in total. The van der Waals surface area contributed by atoms with Crippen molar-refractivity contribution >= 4 is 28.1 Å². The molecule has 0 N–H and O–H groups in total. The summed E-state index contributed by atoms with van der Waals surface area (Å²) in [7, 11) is 0. The van der Waals surface area contributed by atoms with Crippen LogP contribution in [0.2, 0.25) is 10.6 Å². The number of hydrogen-bond donors (Lipinski definition) is 0. The van der Waals surface area contributed by atoms with E-state index in [0.717, 1.165) is 5.54 Å². The highest BCUT2D eigenvalue weighted by Gasteiger charge is 2.25. The highest BCUT2D eigenvalue weighted by Crippen LogP contribution is 2.37. The lowest BCUT2D eigenvalue weighted by Gasteiger charge is -2.26. The van der Waals surface area contributed by atoms with Gasteiger partial charge in [0.2, 0.25) is 0 Å². The molecule has 0 aromatic heterocycles. The first-order valence-corrected chi connectivity index (χ1v) is 8.91. The highest BCUT2D eigenvalue weighted by atomic mass is 127. The van der Waals surface area contributed by atoms with Gasteiger partial charge in [-0.2, -0.15) is 0 Å². The Labute approximate surface area is 73.2 Å². The molecule has 0 aliphatic heterocycles. The maximum atomic E-state index is 2.68. The molecule has 0 amide bonds. The van der Waals surface area contributed by atoms with E-state index in [9.17, 15) is 0 Å². The van der Waals surface area contributed by atoms with Crippen LogP contribution in [0.5, 0.6) is 0 Å². The molecule has 0 rings (SSSR count). The molecule has 0 aromatic carbocycles. The second kappa shape index (κ2) is 3.37. The molecule has 0 spiro atoms. The normalized spacial score (nSPS) is 16.3. The summed E-state index contributed by atoms with van der Waals surface area (Å²) in [6.45, 7) is 11.8. The van der Waals surface area contributed by atoms with Crippen molar-refractivity contribution in [3.05, 3.63) is 0 Å². The van der Waals surface area contributed by atoms with Gasteiger partial charge in [-0.25, -0.2) is 0 Å². The van der Waals surface area contributed by atoms with E-state index in [2.05, 4.69) is 56.4 Å². The molecule has 9 heavy (non-hydrogen) atoms. The van der Waals surface area contributed by atoms with Crippen molar-refractivity contribution < 1.29 is 0 Å². The average Bonchev–Trinajstić information content (AvgIpc) is 1.62. The lowest BCUT2D eigenvalue weighted by molar-refractivity contribution is 0.733. The number of rotatable bonds is 1. The van der Waals surface area contributed by atoms with E-state index in [1.54, 1.807) is 0 Å². The van der Waals surface area contributed by atoms with Crippen molar-refractivity contribution in [2.75, 3.05) is 0 Å². The zero-order valence-electron chi connectivity index (χ0n) is 7.03. The van der Waals surface area contributed by atoms with Gasteiger partial charge < -0.3 is 0 Å². The van der Waals surface area contributed by atoms with Gasteiger partial charge in [0.25, 0.3) is 0 Å². The molecule has 1 unspecified atom stereocenters. The first kappa shape index (κ1) is 9.95. The van der Waals surface area contributed by atoms with Crippen LogP contribution in [0.1, 0.15) is 34.6 Å². The quantitative estimate of drug-likeness (QED) is 0.383. The fraction of sp³-hybridized carbons (Fsp3) is 1.00. The van der Waals surface area contributed by atoms with Gasteiger partial charge in [0.05, 0.1) is 0 Å². The molecular formula is C7H17ISi. The Morgan fingerprint density at radius 3 is 1.56 bits per heavy atom. The van der Waals surface area contributed by atoms with E-state index in [0.29, 0.717) is 5.04 Å². The molecule has 0 radical (unpaired) electrons. The molecule has 0 aromatic rings. The molecular weight excluding hydrogens is 239 g/mol. The van der Waals surface area contributed by atoms with Crippen molar-refractivity contribution in [1.82, 2.24) is 0 Å². The third-order valence-electron chi connectivity index (χ3n) is 1.41. The van der Waals surface area contributed by atoms with Crippen LogP contribution in [-0.4, -0.2) is 6.29 Å². The Bertz CT molecular complexity index is 83.4. The molecule has 0 bridgehead atoms. The summed E-state index contributed by atoms with van der Waals surface area (Å²) in [4.78, 5) is 0. The van der Waals surface area contributed by atoms with Gasteiger partial charge in [0.1, 0.15) is 6.29 Å². The summed E-state index contributed by atoms with van der Waals surface area (Å²) in [6.07, 6.45) is -0.494. The molecule has 1 atom stereocenters. The predicted octanol–water partition coefficient (Wildman–Crippen LogP) is 3.36. The van der Waals surface area contributed by atoms with Gasteiger partial charge in [0, 0.05) is 0 Å². The molecule has 0 heterocycles. The van der Waals surface area contributed by atoms with Crippen molar-refractivity contribution in [3.8, 4) is 0 Å². The molecule has 56 valence electrons. The van der Waals surface area contributed by atoms with Gasteiger partial charge in [-0.05, 0) is 10.6 Å². The Kier molecular flexibility index (Phi) is 3.73. The summed E-state index contributed by atoms with van der Waals surface area (Å²) in [5.74, 6) is 0. The van der Waals surface area contributed by atoms with Crippen LogP contribution in [-0.2, 0) is 0 Å². The van der Waals surface area contributed by atoms with Crippen LogP contribution in [0.25, 0.3) is 0 Å². The average molecular weight is 256 g/mol. The highest BCUT2D eigenvalue weighted by molar-refractivity contribution is 14.1. The fourth-order valence-electron chi connectivity index (χ4n) is 1.00. The number of halogens is 1. The Balaban J connectivity index is 3.88.